The monoisotopic (exact) mass is 444 g/mol. The number of benzene rings is 1. The van der Waals surface area contributed by atoms with Crippen LogP contribution in [0.5, 0.6) is 5.88 Å². The van der Waals surface area contributed by atoms with Crippen LogP contribution in [0.15, 0.2) is 21.5 Å². The lowest BCUT2D eigenvalue weighted by atomic mass is 9.99. The van der Waals surface area contributed by atoms with Crippen molar-refractivity contribution in [3.63, 3.8) is 0 Å². The highest BCUT2D eigenvalue weighted by molar-refractivity contribution is 7.91. The van der Waals surface area contributed by atoms with Gasteiger partial charge in [0.1, 0.15) is 17.5 Å². The Morgan fingerprint density at radius 3 is 2.61 bits per heavy atom. The number of ether oxygens (including phenoxy) is 1. The minimum absolute atomic E-state index is 0.00253. The number of hydrogen-bond donors (Lipinski definition) is 2. The van der Waals surface area contributed by atoms with Crippen molar-refractivity contribution >= 4 is 21.6 Å². The minimum Gasteiger partial charge on any atom is -0.475 e. The van der Waals surface area contributed by atoms with Crippen LogP contribution in [0.3, 0.4) is 0 Å². The first-order chi connectivity index (χ1) is 14.8. The summed E-state index contributed by atoms with van der Waals surface area (Å²) in [6, 6.07) is 1.60. The van der Waals surface area contributed by atoms with Crippen molar-refractivity contribution in [2.45, 2.75) is 49.5 Å². The number of carbonyl (C=O) groups is 1. The fraction of sp³-hybridized carbons (Fsp3) is 0.524. The van der Waals surface area contributed by atoms with Gasteiger partial charge < -0.3 is 15.0 Å². The molecule has 2 atom stereocenters. The van der Waals surface area contributed by atoms with Crippen LogP contribution in [0, 0.1) is 0 Å². The molecule has 1 aromatic carbocycles. The van der Waals surface area contributed by atoms with Crippen molar-refractivity contribution in [1.29, 1.82) is 0 Å². The Kier molecular flexibility index (Phi) is 5.03. The maximum atomic E-state index is 13.2. The highest BCUT2D eigenvalue weighted by Gasteiger charge is 2.32. The zero-order valence-electron chi connectivity index (χ0n) is 17.9. The SMILES string of the molecule is CN(C)C[C@@H]1COc2c([S@](N)(=O)=NC(=O)Nc3c4c(cc5c3CCC5)CCC4)cnn21. The normalized spacial score (nSPS) is 20.7. The van der Waals surface area contributed by atoms with Gasteiger partial charge in [-0.3, -0.25) is 0 Å². The highest BCUT2D eigenvalue weighted by atomic mass is 32.2. The van der Waals surface area contributed by atoms with Crippen molar-refractivity contribution in [1.82, 2.24) is 14.7 Å². The van der Waals surface area contributed by atoms with Gasteiger partial charge in [-0.2, -0.15) is 5.10 Å². The number of nitrogens with two attached hydrogens (primary N) is 1. The summed E-state index contributed by atoms with van der Waals surface area (Å²) in [5.41, 5.74) is 5.84. The summed E-state index contributed by atoms with van der Waals surface area (Å²) in [5.74, 6) is 0.331. The van der Waals surface area contributed by atoms with Gasteiger partial charge in [-0.05, 0) is 74.9 Å². The van der Waals surface area contributed by atoms with Gasteiger partial charge in [-0.1, -0.05) is 6.07 Å². The van der Waals surface area contributed by atoms with E-state index in [-0.39, 0.29) is 10.9 Å². The highest BCUT2D eigenvalue weighted by Crippen LogP contribution is 2.39. The first-order valence-corrected chi connectivity index (χ1v) is 12.3. The Hall–Kier alpha value is -2.43. The summed E-state index contributed by atoms with van der Waals surface area (Å²) in [4.78, 5) is 15.0. The fourth-order valence-electron chi connectivity index (χ4n) is 5.00. The number of likely N-dealkylation sites (N-methyl/N-ethyl adjacent to an activating group) is 1. The Balaban J connectivity index is 1.44. The molecule has 31 heavy (non-hydrogen) atoms. The number of rotatable bonds is 4. The largest absolute Gasteiger partial charge is 0.475 e. The number of nitrogens with zero attached hydrogens (tertiary/aromatic N) is 4. The lowest BCUT2D eigenvalue weighted by Gasteiger charge is -2.15. The number of fused-ring (bicyclic) bond motifs is 3. The molecule has 0 radical (unpaired) electrons. The van der Waals surface area contributed by atoms with Crippen molar-refractivity contribution in [2.75, 3.05) is 32.6 Å². The molecule has 1 aromatic heterocycles. The third-order valence-electron chi connectivity index (χ3n) is 6.29. The van der Waals surface area contributed by atoms with Crippen LogP contribution in [-0.4, -0.2) is 52.2 Å². The Morgan fingerprint density at radius 1 is 1.29 bits per heavy atom. The number of aryl methyl sites for hydroxylation is 2. The maximum Gasteiger partial charge on any atom is 0.354 e. The van der Waals surface area contributed by atoms with Crippen LogP contribution >= 0.6 is 0 Å². The van der Waals surface area contributed by atoms with Crippen molar-refractivity contribution in [3.8, 4) is 5.88 Å². The molecule has 0 fully saturated rings. The van der Waals surface area contributed by atoms with E-state index < -0.39 is 15.9 Å². The van der Waals surface area contributed by atoms with E-state index in [9.17, 15) is 9.00 Å². The molecule has 3 N–H and O–H groups in total. The van der Waals surface area contributed by atoms with Crippen LogP contribution in [0.2, 0.25) is 0 Å². The first kappa shape index (κ1) is 20.5. The van der Waals surface area contributed by atoms with E-state index in [0.717, 1.165) is 50.8 Å². The first-order valence-electron chi connectivity index (χ1n) is 10.7. The Bertz CT molecular complexity index is 1150. The van der Waals surface area contributed by atoms with Gasteiger partial charge in [0.05, 0.1) is 6.20 Å². The third-order valence-corrected chi connectivity index (χ3v) is 7.64. The van der Waals surface area contributed by atoms with Gasteiger partial charge in [0, 0.05) is 12.2 Å². The molecule has 10 heteroatoms. The van der Waals surface area contributed by atoms with Gasteiger partial charge in [0.2, 0.25) is 5.88 Å². The zero-order chi connectivity index (χ0) is 21.8. The van der Waals surface area contributed by atoms with E-state index in [1.54, 1.807) is 4.68 Å². The predicted octanol–water partition coefficient (Wildman–Crippen LogP) is 2.29. The quantitative estimate of drug-likeness (QED) is 0.751. The molecule has 2 amide bonds. The molecule has 3 aliphatic rings. The van der Waals surface area contributed by atoms with E-state index in [1.807, 2.05) is 19.0 Å². The van der Waals surface area contributed by atoms with Crippen LogP contribution in [0.1, 0.15) is 41.1 Å². The van der Waals surface area contributed by atoms with Crippen LogP contribution in [0.25, 0.3) is 0 Å². The average molecular weight is 445 g/mol. The van der Waals surface area contributed by atoms with Crippen molar-refractivity contribution < 1.29 is 13.7 Å². The maximum absolute atomic E-state index is 13.2. The number of aromatic nitrogens is 2. The smallest absolute Gasteiger partial charge is 0.354 e. The molecule has 2 heterocycles. The van der Waals surface area contributed by atoms with Crippen molar-refractivity contribution in [2.24, 2.45) is 9.50 Å². The minimum atomic E-state index is -3.50. The molecule has 0 saturated carbocycles. The molecule has 0 saturated heterocycles. The molecule has 9 nitrogen and oxygen atoms in total. The van der Waals surface area contributed by atoms with E-state index >= 15 is 0 Å². The van der Waals surface area contributed by atoms with Crippen LogP contribution < -0.4 is 15.2 Å². The summed E-state index contributed by atoms with van der Waals surface area (Å²) >= 11 is 0. The van der Waals surface area contributed by atoms with Crippen LogP contribution in [-0.2, 0) is 35.6 Å². The van der Waals surface area contributed by atoms with Gasteiger partial charge in [0.15, 0.2) is 9.92 Å². The molecule has 2 aromatic rings. The topological polar surface area (TPSA) is 115 Å². The second-order valence-corrected chi connectivity index (χ2v) is 10.6. The summed E-state index contributed by atoms with van der Waals surface area (Å²) in [6.07, 6.45) is 7.50. The van der Waals surface area contributed by atoms with Crippen LogP contribution in [0.4, 0.5) is 10.5 Å². The number of anilines is 1. The molecular weight excluding hydrogens is 416 g/mol. The fourth-order valence-corrected chi connectivity index (χ4v) is 5.99. The Labute approximate surface area is 182 Å². The van der Waals surface area contributed by atoms with Gasteiger partial charge >= 0.3 is 6.03 Å². The van der Waals surface area contributed by atoms with E-state index in [2.05, 4.69) is 20.8 Å². The van der Waals surface area contributed by atoms with Crippen molar-refractivity contribution in [3.05, 3.63) is 34.5 Å². The molecule has 0 unspecified atom stereocenters. The summed E-state index contributed by atoms with van der Waals surface area (Å²) in [5, 5.41) is 13.3. The summed E-state index contributed by atoms with van der Waals surface area (Å²) in [6.45, 7) is 1.14. The van der Waals surface area contributed by atoms with Gasteiger partial charge in [-0.25, -0.2) is 18.8 Å². The number of nitrogens with one attached hydrogen (secondary N) is 1. The van der Waals surface area contributed by atoms with E-state index in [0.29, 0.717) is 12.5 Å². The van der Waals surface area contributed by atoms with E-state index in [4.69, 9.17) is 9.88 Å². The molecule has 5 rings (SSSR count). The third kappa shape index (κ3) is 3.62. The number of amides is 2. The molecule has 0 spiro atoms. The molecule has 0 bridgehead atoms. The number of hydrogen-bond acceptors (Lipinski definition) is 5. The standard InChI is InChI=1S/C21H28N6O3S/c1-26(2)11-15-12-30-20-18(10-23-27(15)20)31(22,29)25-21(28)24-19-16-7-3-5-13(16)9-14-6-4-8-17(14)19/h9-10,15H,3-8,11-12H2,1-2H3,(H3,22,24,25,28,29)/t15-,31-/m1/s1. The van der Waals surface area contributed by atoms with E-state index in [1.165, 1.54) is 28.5 Å². The second kappa shape index (κ2) is 7.61. The average Bonchev–Trinajstić information content (AvgIpc) is 3.45. The molecule has 1 aliphatic heterocycles. The summed E-state index contributed by atoms with van der Waals surface area (Å²) < 4.78 is 24.5. The number of urea groups is 1. The lowest BCUT2D eigenvalue weighted by Crippen LogP contribution is -2.24. The summed E-state index contributed by atoms with van der Waals surface area (Å²) in [7, 11) is 0.427. The predicted molar refractivity (Wildman–Crippen MR) is 118 cm³/mol. The van der Waals surface area contributed by atoms with Gasteiger partial charge in [-0.15, -0.1) is 4.36 Å². The van der Waals surface area contributed by atoms with Gasteiger partial charge in [0.25, 0.3) is 0 Å². The second-order valence-electron chi connectivity index (χ2n) is 8.81. The molecule has 166 valence electrons. The molecule has 2 aliphatic carbocycles. The zero-order valence-corrected chi connectivity index (χ0v) is 18.7. The lowest BCUT2D eigenvalue weighted by molar-refractivity contribution is 0.260. The Morgan fingerprint density at radius 2 is 1.97 bits per heavy atom. The number of carbonyl (C=O) groups excluding carboxylic acids is 1. The molecular formula is C21H28N6O3S.